The number of carboxylic acids is 1. The lowest BCUT2D eigenvalue weighted by molar-refractivity contribution is -0.137. The van der Waals surface area contributed by atoms with Gasteiger partial charge in [0.15, 0.2) is 11.6 Å². The molecule has 1 fully saturated rings. The number of hydrazone groups is 1. The number of hydrogen-bond acceptors (Lipinski definition) is 8. The Labute approximate surface area is 224 Å². The minimum atomic E-state index is -1.79. The molecule has 3 unspecified atom stereocenters. The van der Waals surface area contributed by atoms with Gasteiger partial charge in [0.25, 0.3) is 0 Å². The first kappa shape index (κ1) is 28.3. The number of primary amides is 1. The molecule has 0 spiro atoms. The van der Waals surface area contributed by atoms with Gasteiger partial charge >= 0.3 is 5.97 Å². The van der Waals surface area contributed by atoms with E-state index < -0.39 is 46.6 Å². The highest BCUT2D eigenvalue weighted by Crippen LogP contribution is 2.49. The molecule has 1 aliphatic carbocycles. The summed E-state index contributed by atoms with van der Waals surface area (Å²) in [5, 5.41) is 21.5. The van der Waals surface area contributed by atoms with Crippen LogP contribution in [0.1, 0.15) is 46.3 Å². The van der Waals surface area contributed by atoms with Crippen molar-refractivity contribution < 1.29 is 24.3 Å². The van der Waals surface area contributed by atoms with Crippen LogP contribution >= 0.6 is 11.6 Å². The summed E-state index contributed by atoms with van der Waals surface area (Å²) in [6.07, 6.45) is -0.689. The molecule has 1 aliphatic rings. The van der Waals surface area contributed by atoms with Gasteiger partial charge in [-0.15, -0.1) is 11.6 Å². The van der Waals surface area contributed by atoms with Crippen LogP contribution in [0.2, 0.25) is 0 Å². The van der Waals surface area contributed by atoms with Crippen LogP contribution in [0.25, 0.3) is 0 Å². The van der Waals surface area contributed by atoms with Gasteiger partial charge in [-0.3, -0.25) is 24.8 Å². The van der Waals surface area contributed by atoms with E-state index in [2.05, 4.69) is 5.10 Å². The zero-order chi connectivity index (χ0) is 28.4. The smallest absolute Gasteiger partial charge is 0.335 e. The van der Waals surface area contributed by atoms with Gasteiger partial charge in [-0.1, -0.05) is 24.3 Å². The van der Waals surface area contributed by atoms with Crippen LogP contribution in [0.3, 0.4) is 0 Å². The third kappa shape index (κ3) is 5.52. The first-order valence-corrected chi connectivity index (χ1v) is 12.1. The molecule has 0 radical (unpaired) electrons. The Morgan fingerprint density at radius 3 is 2.29 bits per heavy atom. The minimum Gasteiger partial charge on any atom is -0.478 e. The van der Waals surface area contributed by atoms with Crippen LogP contribution in [0.15, 0.2) is 47.6 Å². The highest BCUT2D eigenvalue weighted by molar-refractivity contribution is 6.61. The molecule has 0 saturated heterocycles. The number of ketones is 2. The second-order valence-electron chi connectivity index (χ2n) is 9.27. The van der Waals surface area contributed by atoms with Gasteiger partial charge in [-0.2, -0.15) is 5.10 Å². The van der Waals surface area contributed by atoms with Crippen molar-refractivity contribution >= 4 is 52.3 Å². The highest BCUT2D eigenvalue weighted by atomic mass is 35.5. The molecule has 0 aromatic heterocycles. The maximum atomic E-state index is 14.3. The standard InChI is InChI=1S/C26H29ClN6O5/c1-3-33(2)32-21-20(27)22(35)19(15-8-16(25(37)38)10-17(28)9-15)26(23(21)36,12-18(29)34)11-13-4-6-14(7-5-13)24(30)31/h4-10,19-20H,3,11-12,28H2,1-2H3,(H2,29,34)(H3,30,31)(H,37,38). The molecule has 1 saturated carbocycles. The van der Waals surface area contributed by atoms with Gasteiger partial charge in [-0.25, -0.2) is 4.79 Å². The molecule has 8 N–H and O–H groups in total. The molecule has 38 heavy (non-hydrogen) atoms. The number of nitrogens with zero attached hydrogens (tertiary/aromatic N) is 2. The number of nitrogen functional groups attached to an aromatic ring is 2. The van der Waals surface area contributed by atoms with E-state index in [9.17, 15) is 24.3 Å². The van der Waals surface area contributed by atoms with E-state index in [0.717, 1.165) is 0 Å². The number of hydrogen-bond donors (Lipinski definition) is 5. The number of anilines is 1. The number of carbonyl (C=O) groups excluding carboxylic acids is 3. The van der Waals surface area contributed by atoms with Crippen LogP contribution in [-0.2, 0) is 20.8 Å². The van der Waals surface area contributed by atoms with Gasteiger partial charge in [0.1, 0.15) is 16.9 Å². The number of carbonyl (C=O) groups is 4. The zero-order valence-corrected chi connectivity index (χ0v) is 21.7. The van der Waals surface area contributed by atoms with E-state index in [1.165, 1.54) is 23.2 Å². The van der Waals surface area contributed by atoms with Crippen molar-refractivity contribution in [2.24, 2.45) is 22.0 Å². The van der Waals surface area contributed by atoms with Crippen molar-refractivity contribution in [1.29, 1.82) is 5.41 Å². The number of benzene rings is 2. The molecule has 3 rings (SSSR count). The lowest BCUT2D eigenvalue weighted by Gasteiger charge is -2.43. The number of carboxylic acid groups (broad SMARTS) is 1. The summed E-state index contributed by atoms with van der Waals surface area (Å²) in [4.78, 5) is 52.4. The van der Waals surface area contributed by atoms with Gasteiger partial charge in [0.05, 0.1) is 16.9 Å². The van der Waals surface area contributed by atoms with Crippen molar-refractivity contribution in [2.45, 2.75) is 31.1 Å². The van der Waals surface area contributed by atoms with Crippen molar-refractivity contribution in [3.05, 3.63) is 64.7 Å². The number of nitrogens with one attached hydrogen (secondary N) is 1. The SMILES string of the molecule is CCN(C)N=C1C(=O)C(CC(N)=O)(Cc2ccc(C(=N)N)cc2)C(c2cc(N)cc(C(=O)O)c2)C(=O)C1Cl. The van der Waals surface area contributed by atoms with Crippen LogP contribution in [-0.4, -0.2) is 64.1 Å². The second-order valence-corrected chi connectivity index (χ2v) is 9.70. The van der Waals surface area contributed by atoms with Crippen molar-refractivity contribution in [3.63, 3.8) is 0 Å². The number of Topliss-reactive ketones (excluding diaryl/α,β-unsaturated/α-hetero) is 2. The first-order chi connectivity index (χ1) is 17.8. The number of aromatic carboxylic acids is 1. The maximum absolute atomic E-state index is 14.3. The molecular weight excluding hydrogens is 512 g/mol. The van der Waals surface area contributed by atoms with E-state index in [1.807, 2.05) is 0 Å². The Bertz CT molecular complexity index is 1340. The Morgan fingerprint density at radius 2 is 1.76 bits per heavy atom. The van der Waals surface area contributed by atoms with Gasteiger partial charge in [-0.05, 0) is 42.7 Å². The molecule has 3 atom stereocenters. The Hall–Kier alpha value is -4.25. The molecule has 11 nitrogen and oxygen atoms in total. The van der Waals surface area contributed by atoms with E-state index in [1.54, 1.807) is 38.2 Å². The Balaban J connectivity index is 2.33. The van der Waals surface area contributed by atoms with Crippen molar-refractivity contribution in [2.75, 3.05) is 19.3 Å². The zero-order valence-electron chi connectivity index (χ0n) is 20.9. The van der Waals surface area contributed by atoms with Gasteiger partial charge in [0, 0.05) is 31.3 Å². The number of rotatable bonds is 9. The third-order valence-corrected chi connectivity index (χ3v) is 7.00. The first-order valence-electron chi connectivity index (χ1n) is 11.7. The summed E-state index contributed by atoms with van der Waals surface area (Å²) < 4.78 is 0. The monoisotopic (exact) mass is 540 g/mol. The summed E-state index contributed by atoms with van der Waals surface area (Å²) >= 11 is 6.51. The molecule has 2 aromatic carbocycles. The Kier molecular flexibility index (Phi) is 8.21. The van der Waals surface area contributed by atoms with Crippen LogP contribution in [0.4, 0.5) is 5.69 Å². The summed E-state index contributed by atoms with van der Waals surface area (Å²) in [5.74, 6) is -4.95. The molecule has 1 amide bonds. The van der Waals surface area contributed by atoms with E-state index in [4.69, 9.17) is 34.2 Å². The quantitative estimate of drug-likeness (QED) is 0.103. The maximum Gasteiger partial charge on any atom is 0.335 e. The van der Waals surface area contributed by atoms with Gasteiger partial charge in [0.2, 0.25) is 5.91 Å². The molecule has 0 aliphatic heterocycles. The van der Waals surface area contributed by atoms with Gasteiger partial charge < -0.3 is 22.3 Å². The van der Waals surface area contributed by atoms with Crippen LogP contribution in [0, 0.1) is 10.8 Å². The summed E-state index contributed by atoms with van der Waals surface area (Å²) in [6, 6.07) is 10.3. The number of halogens is 1. The molecule has 12 heteroatoms. The molecule has 0 bridgehead atoms. The third-order valence-electron chi connectivity index (χ3n) is 6.58. The molecule has 2 aromatic rings. The predicted octanol–water partition coefficient (Wildman–Crippen LogP) is 1.51. The number of alkyl halides is 1. The fourth-order valence-corrected chi connectivity index (χ4v) is 5.03. The van der Waals surface area contributed by atoms with Crippen molar-refractivity contribution in [1.82, 2.24) is 5.01 Å². The fraction of sp³-hybridized carbons (Fsp3) is 0.308. The summed E-state index contributed by atoms with van der Waals surface area (Å²) in [7, 11) is 1.60. The highest BCUT2D eigenvalue weighted by Gasteiger charge is 2.58. The average molecular weight is 541 g/mol. The molecule has 200 valence electrons. The molecular formula is C26H29ClN6O5. The summed E-state index contributed by atoms with van der Waals surface area (Å²) in [6.45, 7) is 2.20. The average Bonchev–Trinajstić information content (AvgIpc) is 2.85. The fourth-order valence-electron chi connectivity index (χ4n) is 4.76. The van der Waals surface area contributed by atoms with E-state index >= 15 is 0 Å². The Morgan fingerprint density at radius 1 is 1.13 bits per heavy atom. The van der Waals surface area contributed by atoms with E-state index in [-0.39, 0.29) is 34.8 Å². The number of amides is 1. The van der Waals surface area contributed by atoms with Crippen LogP contribution in [0.5, 0.6) is 0 Å². The van der Waals surface area contributed by atoms with Crippen LogP contribution < -0.4 is 17.2 Å². The second kappa shape index (κ2) is 11.0. The lowest BCUT2D eigenvalue weighted by Crippen LogP contribution is -2.58. The minimum absolute atomic E-state index is 0.0511. The predicted molar refractivity (Wildman–Crippen MR) is 143 cm³/mol. The lowest BCUT2D eigenvalue weighted by atomic mass is 9.57. The number of nitrogens with two attached hydrogens (primary N) is 3. The van der Waals surface area contributed by atoms with E-state index in [0.29, 0.717) is 17.7 Å². The normalized spacial score (nSPS) is 22.3. The van der Waals surface area contributed by atoms with Crippen molar-refractivity contribution in [3.8, 4) is 0 Å². The molecule has 0 heterocycles. The summed E-state index contributed by atoms with van der Waals surface area (Å²) in [5.41, 5.74) is 16.1. The topological polar surface area (TPSA) is 206 Å². The largest absolute Gasteiger partial charge is 0.478 e. The number of amidine groups is 1.